The second kappa shape index (κ2) is 7.47. The second-order valence-corrected chi connectivity index (χ2v) is 4.88. The molecule has 0 bridgehead atoms. The maximum Gasteiger partial charge on any atom is 0.411 e. The summed E-state index contributed by atoms with van der Waals surface area (Å²) >= 11 is 0. The minimum absolute atomic E-state index is 0.0152. The van der Waals surface area contributed by atoms with Crippen molar-refractivity contribution in [2.75, 3.05) is 26.3 Å². The second-order valence-electron chi connectivity index (χ2n) is 4.88. The molecule has 0 aromatic heterocycles. The molecule has 5 nitrogen and oxygen atoms in total. The molecule has 1 amide bonds. The molecule has 1 atom stereocenters. The lowest BCUT2D eigenvalue weighted by Gasteiger charge is -2.20. The van der Waals surface area contributed by atoms with E-state index in [1.54, 1.807) is 0 Å². The first-order valence-electron chi connectivity index (χ1n) is 6.42. The minimum Gasteiger partial charge on any atom is -0.481 e. The molecule has 8 heteroatoms. The van der Waals surface area contributed by atoms with Crippen LogP contribution in [-0.2, 0) is 14.3 Å². The summed E-state index contributed by atoms with van der Waals surface area (Å²) in [5.41, 5.74) is 0. The third-order valence-electron chi connectivity index (χ3n) is 3.15. The molecule has 0 aromatic rings. The zero-order chi connectivity index (χ0) is 15.2. The molecule has 1 fully saturated rings. The van der Waals surface area contributed by atoms with Crippen molar-refractivity contribution >= 4 is 11.9 Å². The summed E-state index contributed by atoms with van der Waals surface area (Å²) in [6.07, 6.45) is -2.46. The summed E-state index contributed by atoms with van der Waals surface area (Å²) in [6.45, 7) is -1.23. The molecule has 1 heterocycles. The lowest BCUT2D eigenvalue weighted by molar-refractivity contribution is -0.177. The van der Waals surface area contributed by atoms with Gasteiger partial charge < -0.3 is 14.7 Å². The van der Waals surface area contributed by atoms with E-state index in [4.69, 9.17) is 5.11 Å². The molecular formula is C12H18F3NO4. The lowest BCUT2D eigenvalue weighted by Crippen LogP contribution is -2.35. The maximum absolute atomic E-state index is 11.9. The molecule has 0 unspecified atom stereocenters. The molecule has 0 aromatic carbocycles. The number of carbonyl (C=O) groups excluding carboxylic acids is 1. The fourth-order valence-corrected chi connectivity index (χ4v) is 2.21. The predicted molar refractivity (Wildman–Crippen MR) is 63.0 cm³/mol. The molecular weight excluding hydrogens is 279 g/mol. The van der Waals surface area contributed by atoms with Crippen LogP contribution in [0.3, 0.4) is 0 Å². The number of halogens is 3. The van der Waals surface area contributed by atoms with Gasteiger partial charge in [-0.25, -0.2) is 0 Å². The van der Waals surface area contributed by atoms with Gasteiger partial charge in [-0.2, -0.15) is 13.2 Å². The van der Waals surface area contributed by atoms with Gasteiger partial charge in [-0.3, -0.25) is 9.59 Å². The average Bonchev–Trinajstić information content (AvgIpc) is 2.52. The highest BCUT2D eigenvalue weighted by Crippen LogP contribution is 2.21. The van der Waals surface area contributed by atoms with Gasteiger partial charge in [-0.05, 0) is 25.2 Å². The third-order valence-corrected chi connectivity index (χ3v) is 3.15. The first-order valence-corrected chi connectivity index (χ1v) is 6.42. The van der Waals surface area contributed by atoms with Gasteiger partial charge in [0.1, 0.15) is 13.2 Å². The lowest BCUT2D eigenvalue weighted by atomic mass is 9.97. The Bertz CT molecular complexity index is 346. The molecule has 1 N–H and O–H groups in total. The van der Waals surface area contributed by atoms with Crippen molar-refractivity contribution < 1.29 is 32.6 Å². The van der Waals surface area contributed by atoms with Crippen LogP contribution in [-0.4, -0.2) is 54.4 Å². The Kier molecular flexibility index (Phi) is 6.25. The van der Waals surface area contributed by atoms with Crippen LogP contribution in [0, 0.1) is 5.92 Å². The minimum atomic E-state index is -4.44. The number of likely N-dealkylation sites (tertiary alicyclic amines) is 1. The highest BCUT2D eigenvalue weighted by molar-refractivity contribution is 5.77. The van der Waals surface area contributed by atoms with Crippen LogP contribution >= 0.6 is 0 Å². The van der Waals surface area contributed by atoms with Crippen LogP contribution in [0.5, 0.6) is 0 Å². The highest BCUT2D eigenvalue weighted by Gasteiger charge is 2.28. The summed E-state index contributed by atoms with van der Waals surface area (Å²) in [5.74, 6) is -1.34. The van der Waals surface area contributed by atoms with Gasteiger partial charge in [-0.1, -0.05) is 0 Å². The van der Waals surface area contributed by atoms with Gasteiger partial charge in [0.15, 0.2) is 0 Å². The van der Waals surface area contributed by atoms with Gasteiger partial charge in [0.05, 0.1) is 0 Å². The van der Waals surface area contributed by atoms with Crippen molar-refractivity contribution in [1.29, 1.82) is 0 Å². The van der Waals surface area contributed by atoms with Crippen LogP contribution in [0.4, 0.5) is 13.2 Å². The summed E-state index contributed by atoms with van der Waals surface area (Å²) < 4.78 is 40.0. The van der Waals surface area contributed by atoms with Gasteiger partial charge in [0.25, 0.3) is 0 Å². The van der Waals surface area contributed by atoms with Crippen LogP contribution in [0.25, 0.3) is 0 Å². The van der Waals surface area contributed by atoms with Gasteiger partial charge in [0.2, 0.25) is 5.91 Å². The van der Waals surface area contributed by atoms with Crippen molar-refractivity contribution in [3.8, 4) is 0 Å². The van der Waals surface area contributed by atoms with Crippen molar-refractivity contribution in [1.82, 2.24) is 4.90 Å². The van der Waals surface area contributed by atoms with E-state index < -0.39 is 31.3 Å². The topological polar surface area (TPSA) is 66.8 Å². The Hall–Kier alpha value is -1.31. The predicted octanol–water partition coefficient (Wildman–Crippen LogP) is 1.67. The number of carboxylic acids is 1. The van der Waals surface area contributed by atoms with Crippen LogP contribution < -0.4 is 0 Å². The van der Waals surface area contributed by atoms with Crippen molar-refractivity contribution in [2.45, 2.75) is 31.9 Å². The molecule has 0 saturated carbocycles. The summed E-state index contributed by atoms with van der Waals surface area (Å²) in [4.78, 5) is 23.7. The van der Waals surface area contributed by atoms with E-state index in [1.807, 2.05) is 0 Å². The van der Waals surface area contributed by atoms with Gasteiger partial charge in [0, 0.05) is 19.5 Å². The molecule has 0 aliphatic carbocycles. The van der Waals surface area contributed by atoms with E-state index in [0.29, 0.717) is 32.4 Å². The fourth-order valence-electron chi connectivity index (χ4n) is 2.21. The Balaban J connectivity index is 2.33. The Morgan fingerprint density at radius 2 is 1.95 bits per heavy atom. The first-order chi connectivity index (χ1) is 9.28. The number of hydrogen-bond acceptors (Lipinski definition) is 3. The third kappa shape index (κ3) is 6.74. The Labute approximate surface area is 114 Å². The summed E-state index contributed by atoms with van der Waals surface area (Å²) in [5, 5.41) is 8.72. The Morgan fingerprint density at radius 1 is 1.25 bits per heavy atom. The van der Waals surface area contributed by atoms with E-state index in [1.165, 1.54) is 4.90 Å². The highest BCUT2D eigenvalue weighted by atomic mass is 19.4. The molecule has 1 saturated heterocycles. The number of alkyl halides is 3. The zero-order valence-electron chi connectivity index (χ0n) is 11.0. The normalized spacial score (nSPS) is 20.6. The monoisotopic (exact) mass is 297 g/mol. The number of carbonyl (C=O) groups is 2. The summed E-state index contributed by atoms with van der Waals surface area (Å²) in [6, 6.07) is 0. The Morgan fingerprint density at radius 3 is 2.55 bits per heavy atom. The van der Waals surface area contributed by atoms with Crippen molar-refractivity contribution in [2.24, 2.45) is 5.92 Å². The largest absolute Gasteiger partial charge is 0.481 e. The number of hydrogen-bond donors (Lipinski definition) is 1. The van der Waals surface area contributed by atoms with Crippen LogP contribution in [0.1, 0.15) is 25.7 Å². The number of ether oxygens (including phenoxy) is 1. The molecule has 20 heavy (non-hydrogen) atoms. The number of carboxylic acid groups (broad SMARTS) is 1. The zero-order valence-corrected chi connectivity index (χ0v) is 11.0. The van der Waals surface area contributed by atoms with Crippen LogP contribution in [0.2, 0.25) is 0 Å². The number of nitrogens with zero attached hydrogens (tertiary/aromatic N) is 1. The van der Waals surface area contributed by atoms with E-state index >= 15 is 0 Å². The first kappa shape index (κ1) is 16.7. The van der Waals surface area contributed by atoms with Crippen molar-refractivity contribution in [3.63, 3.8) is 0 Å². The number of amides is 1. The maximum atomic E-state index is 11.9. The molecule has 1 rings (SSSR count). The smallest absolute Gasteiger partial charge is 0.411 e. The summed E-state index contributed by atoms with van der Waals surface area (Å²) in [7, 11) is 0. The van der Waals surface area contributed by atoms with E-state index in [2.05, 4.69) is 4.74 Å². The standard InChI is InChI=1S/C12H18F3NO4/c13-12(14,15)8-20-7-10(17)16-4-1-2-9(3-5-16)6-11(18)19/h9H,1-8H2,(H,18,19)/t9-/m0/s1. The number of aliphatic carboxylic acids is 1. The van der Waals surface area contributed by atoms with Crippen LogP contribution in [0.15, 0.2) is 0 Å². The molecule has 1 aliphatic heterocycles. The van der Waals surface area contributed by atoms with E-state index in [9.17, 15) is 22.8 Å². The van der Waals surface area contributed by atoms with Crippen molar-refractivity contribution in [3.05, 3.63) is 0 Å². The SMILES string of the molecule is O=C(O)C[C@H]1CCCN(C(=O)COCC(F)(F)F)CC1. The fraction of sp³-hybridized carbons (Fsp3) is 0.833. The molecule has 116 valence electrons. The van der Waals surface area contributed by atoms with Gasteiger partial charge in [-0.15, -0.1) is 0 Å². The van der Waals surface area contributed by atoms with E-state index in [-0.39, 0.29) is 12.3 Å². The molecule has 0 radical (unpaired) electrons. The van der Waals surface area contributed by atoms with E-state index in [0.717, 1.165) is 0 Å². The average molecular weight is 297 g/mol. The number of rotatable bonds is 5. The van der Waals surface area contributed by atoms with Gasteiger partial charge >= 0.3 is 12.1 Å². The quantitative estimate of drug-likeness (QED) is 0.838. The molecule has 0 spiro atoms. The molecule has 1 aliphatic rings.